The molecule has 1 aliphatic heterocycles. The Balaban J connectivity index is 1.69. The fourth-order valence-corrected chi connectivity index (χ4v) is 4.92. The number of hydrogen-bond acceptors (Lipinski definition) is 6. The maximum absolute atomic E-state index is 12.5. The molecule has 9 heteroatoms. The van der Waals surface area contributed by atoms with E-state index in [0.29, 0.717) is 30.8 Å². The zero-order valence-electron chi connectivity index (χ0n) is 13.2. The van der Waals surface area contributed by atoms with Crippen molar-refractivity contribution >= 4 is 33.0 Å². The first kappa shape index (κ1) is 17.4. The summed E-state index contributed by atoms with van der Waals surface area (Å²) in [5.41, 5.74) is 7.22. The zero-order chi connectivity index (χ0) is 18.0. The Labute approximate surface area is 149 Å². The van der Waals surface area contributed by atoms with Crippen LogP contribution in [0.2, 0.25) is 0 Å². The molecule has 130 valence electrons. The van der Waals surface area contributed by atoms with Gasteiger partial charge in [-0.25, -0.2) is 8.42 Å². The van der Waals surface area contributed by atoms with Crippen LogP contribution in [0, 0.1) is 11.3 Å². The number of nitrogens with one attached hydrogen (secondary N) is 1. The van der Waals surface area contributed by atoms with Gasteiger partial charge in [0.25, 0.3) is 10.0 Å². The smallest absolute Gasteiger partial charge is 0.250 e. The number of anilines is 1. The number of hydrogen-bond donors (Lipinski definition) is 2. The third kappa shape index (κ3) is 3.66. The number of likely N-dealkylation sites (tertiary alicyclic amines) is 1. The molecule has 1 aromatic carbocycles. The summed E-state index contributed by atoms with van der Waals surface area (Å²) in [7, 11) is -3.68. The van der Waals surface area contributed by atoms with Crippen molar-refractivity contribution in [3.05, 3.63) is 46.8 Å². The van der Waals surface area contributed by atoms with Crippen LogP contribution in [0.25, 0.3) is 0 Å². The van der Waals surface area contributed by atoms with Gasteiger partial charge in [0.15, 0.2) is 0 Å². The summed E-state index contributed by atoms with van der Waals surface area (Å²) in [5, 5.41) is 10.7. The summed E-state index contributed by atoms with van der Waals surface area (Å²) in [4.78, 5) is 14.1. The second-order valence-electron chi connectivity index (χ2n) is 5.69. The monoisotopic (exact) mass is 376 g/mol. The van der Waals surface area contributed by atoms with E-state index in [1.165, 1.54) is 6.07 Å². The Kier molecular flexibility index (Phi) is 4.76. The van der Waals surface area contributed by atoms with Crippen molar-refractivity contribution in [2.75, 3.05) is 12.3 Å². The largest absolute Gasteiger partial charge is 0.398 e. The maximum Gasteiger partial charge on any atom is 0.250 e. The number of sulfonamides is 1. The standard InChI is InChI=1S/C16H16N4O3S2/c17-9-12-8-11(3-4-13(12)18)10-20-6-5-14(16(20)21)19-25(22,23)15-2-1-7-24-15/h1-4,7-8,14,19H,5-6,10,18H2/t14-/m0/s1. The lowest BCUT2D eigenvalue weighted by Crippen LogP contribution is -2.41. The van der Waals surface area contributed by atoms with Crippen LogP contribution in [0.4, 0.5) is 5.69 Å². The van der Waals surface area contributed by atoms with Crippen molar-refractivity contribution < 1.29 is 13.2 Å². The molecule has 3 N–H and O–H groups in total. The topological polar surface area (TPSA) is 116 Å². The zero-order valence-corrected chi connectivity index (χ0v) is 14.8. The van der Waals surface area contributed by atoms with Gasteiger partial charge < -0.3 is 10.6 Å². The summed E-state index contributed by atoms with van der Waals surface area (Å²) < 4.78 is 27.2. The van der Waals surface area contributed by atoms with Crippen LogP contribution < -0.4 is 10.5 Å². The molecule has 25 heavy (non-hydrogen) atoms. The highest BCUT2D eigenvalue weighted by atomic mass is 32.2. The Morgan fingerprint density at radius 2 is 2.20 bits per heavy atom. The Bertz CT molecular complexity index is 933. The first-order chi connectivity index (χ1) is 11.9. The van der Waals surface area contributed by atoms with E-state index in [0.717, 1.165) is 16.9 Å². The summed E-state index contributed by atoms with van der Waals surface area (Å²) in [6.45, 7) is 0.758. The van der Waals surface area contributed by atoms with Crippen molar-refractivity contribution in [3.63, 3.8) is 0 Å². The van der Waals surface area contributed by atoms with Crippen molar-refractivity contribution in [2.24, 2.45) is 0 Å². The van der Waals surface area contributed by atoms with E-state index in [9.17, 15) is 13.2 Å². The molecule has 1 atom stereocenters. The number of thiophene rings is 1. The van der Waals surface area contributed by atoms with Crippen molar-refractivity contribution in [1.29, 1.82) is 5.26 Å². The van der Waals surface area contributed by atoms with Gasteiger partial charge in [-0.2, -0.15) is 9.98 Å². The Morgan fingerprint density at radius 1 is 1.40 bits per heavy atom. The van der Waals surface area contributed by atoms with E-state index < -0.39 is 16.1 Å². The van der Waals surface area contributed by atoms with E-state index in [2.05, 4.69) is 4.72 Å². The van der Waals surface area contributed by atoms with Crippen molar-refractivity contribution in [3.8, 4) is 6.07 Å². The van der Waals surface area contributed by atoms with Crippen molar-refractivity contribution in [2.45, 2.75) is 23.2 Å². The van der Waals surface area contributed by atoms with Gasteiger partial charge in [0.1, 0.15) is 16.3 Å². The number of nitriles is 1. The van der Waals surface area contributed by atoms with E-state index in [1.54, 1.807) is 34.5 Å². The summed E-state index contributed by atoms with van der Waals surface area (Å²) in [6.07, 6.45) is 0.406. The molecular weight excluding hydrogens is 360 g/mol. The van der Waals surface area contributed by atoms with E-state index in [-0.39, 0.29) is 10.1 Å². The lowest BCUT2D eigenvalue weighted by Gasteiger charge is -2.17. The second-order valence-corrected chi connectivity index (χ2v) is 8.58. The van der Waals surface area contributed by atoms with Crippen LogP contribution in [0.15, 0.2) is 39.9 Å². The number of nitrogens with two attached hydrogens (primary N) is 1. The SMILES string of the molecule is N#Cc1cc(CN2CC[C@H](NS(=O)(=O)c3cccs3)C2=O)ccc1N. The number of carbonyl (C=O) groups excluding carboxylic acids is 1. The predicted octanol–water partition coefficient (Wildman–Crippen LogP) is 1.28. The predicted molar refractivity (Wildman–Crippen MR) is 94.0 cm³/mol. The average Bonchev–Trinajstić information content (AvgIpc) is 3.22. The molecule has 1 amide bonds. The van der Waals surface area contributed by atoms with Crippen LogP contribution in [-0.4, -0.2) is 31.8 Å². The molecular formula is C16H16N4O3S2. The van der Waals surface area contributed by atoms with Crippen LogP contribution in [0.5, 0.6) is 0 Å². The molecule has 0 saturated carbocycles. The van der Waals surface area contributed by atoms with E-state index in [4.69, 9.17) is 11.0 Å². The molecule has 7 nitrogen and oxygen atoms in total. The minimum Gasteiger partial charge on any atom is -0.398 e. The lowest BCUT2D eigenvalue weighted by atomic mass is 10.1. The second kappa shape index (κ2) is 6.84. The van der Waals surface area contributed by atoms with Gasteiger partial charge >= 0.3 is 0 Å². The highest BCUT2D eigenvalue weighted by molar-refractivity contribution is 7.91. The number of benzene rings is 1. The normalized spacial score (nSPS) is 17.6. The fourth-order valence-electron chi connectivity index (χ4n) is 2.69. The number of amides is 1. The molecule has 0 spiro atoms. The third-order valence-electron chi connectivity index (χ3n) is 3.97. The van der Waals surface area contributed by atoms with Gasteiger partial charge in [-0.15, -0.1) is 11.3 Å². The van der Waals surface area contributed by atoms with Gasteiger partial charge in [-0.1, -0.05) is 12.1 Å². The maximum atomic E-state index is 12.5. The molecule has 1 aliphatic rings. The molecule has 2 aromatic rings. The Hall–Kier alpha value is -2.41. The van der Waals surface area contributed by atoms with Crippen LogP contribution >= 0.6 is 11.3 Å². The quantitative estimate of drug-likeness (QED) is 0.763. The lowest BCUT2D eigenvalue weighted by molar-refractivity contribution is -0.129. The highest BCUT2D eigenvalue weighted by Gasteiger charge is 2.35. The van der Waals surface area contributed by atoms with Gasteiger partial charge in [0, 0.05) is 18.8 Å². The van der Waals surface area contributed by atoms with Gasteiger partial charge in [0.05, 0.1) is 5.56 Å². The highest BCUT2D eigenvalue weighted by Crippen LogP contribution is 2.21. The number of carbonyl (C=O) groups is 1. The molecule has 2 heterocycles. The van der Waals surface area contributed by atoms with Crippen LogP contribution in [0.3, 0.4) is 0 Å². The number of rotatable bonds is 5. The molecule has 0 unspecified atom stereocenters. The molecule has 0 aliphatic carbocycles. The number of nitrogen functional groups attached to an aromatic ring is 1. The van der Waals surface area contributed by atoms with Gasteiger partial charge in [0.2, 0.25) is 5.91 Å². The van der Waals surface area contributed by atoms with Crippen LogP contribution in [-0.2, 0) is 21.4 Å². The van der Waals surface area contributed by atoms with E-state index >= 15 is 0 Å². The minimum atomic E-state index is -3.68. The minimum absolute atomic E-state index is 0.191. The molecule has 1 aromatic heterocycles. The summed E-state index contributed by atoms with van der Waals surface area (Å²) in [5.74, 6) is -0.268. The van der Waals surface area contributed by atoms with Gasteiger partial charge in [-0.3, -0.25) is 4.79 Å². The third-order valence-corrected chi connectivity index (χ3v) is 6.84. The number of nitrogens with zero attached hydrogens (tertiary/aromatic N) is 2. The molecule has 0 bridgehead atoms. The van der Waals surface area contributed by atoms with Crippen LogP contribution in [0.1, 0.15) is 17.5 Å². The molecule has 1 saturated heterocycles. The van der Waals surface area contributed by atoms with Crippen molar-refractivity contribution in [1.82, 2.24) is 9.62 Å². The molecule has 1 fully saturated rings. The summed E-state index contributed by atoms with van der Waals surface area (Å²) >= 11 is 1.11. The fraction of sp³-hybridized carbons (Fsp3) is 0.250. The average molecular weight is 376 g/mol. The van der Waals surface area contributed by atoms with Gasteiger partial charge in [-0.05, 0) is 35.6 Å². The first-order valence-electron chi connectivity index (χ1n) is 7.54. The Morgan fingerprint density at radius 3 is 2.88 bits per heavy atom. The molecule has 3 rings (SSSR count). The first-order valence-corrected chi connectivity index (χ1v) is 9.90. The van der Waals surface area contributed by atoms with E-state index in [1.807, 2.05) is 6.07 Å². The summed E-state index contributed by atoms with van der Waals surface area (Å²) in [6, 6.07) is 9.42. The molecule has 0 radical (unpaired) electrons.